The van der Waals surface area contributed by atoms with Gasteiger partial charge in [0.25, 0.3) is 0 Å². The summed E-state index contributed by atoms with van der Waals surface area (Å²) >= 11 is 0. The number of rotatable bonds is 2. The Morgan fingerprint density at radius 3 is 2.38 bits per heavy atom. The van der Waals surface area contributed by atoms with Crippen molar-refractivity contribution in [2.24, 2.45) is 5.10 Å². The molecule has 0 aromatic heterocycles. The number of hydrazone groups is 1. The van der Waals surface area contributed by atoms with Crippen LogP contribution in [0.5, 0.6) is 0 Å². The van der Waals surface area contributed by atoms with E-state index in [-0.39, 0.29) is 0 Å². The largest absolute Gasteiger partial charge is 0.287 e. The number of hydrogen-bond donors (Lipinski definition) is 1. The molecule has 0 atom stereocenters. The zero-order valence-corrected chi connectivity index (χ0v) is 5.31. The molecule has 1 N–H and O–H groups in total. The fourth-order valence-corrected chi connectivity index (χ4v) is 0.443. The Bertz CT molecular complexity index is 97.8. The molecule has 0 aromatic carbocycles. The standard InChI is InChI=1S/C5H11N3/c1-4-8(7-3)5(2)6/h6H,3-4H2,1-2H3. The van der Waals surface area contributed by atoms with E-state index in [4.69, 9.17) is 5.41 Å². The fraction of sp³-hybridized carbons (Fsp3) is 0.600. The van der Waals surface area contributed by atoms with Gasteiger partial charge in [-0.25, -0.2) is 0 Å². The van der Waals surface area contributed by atoms with Crippen LogP contribution in [0.2, 0.25) is 0 Å². The summed E-state index contributed by atoms with van der Waals surface area (Å²) in [7, 11) is 0. The van der Waals surface area contributed by atoms with Crippen LogP contribution in [0.25, 0.3) is 0 Å². The second-order valence-electron chi connectivity index (χ2n) is 1.44. The SMILES string of the molecule is C=NN(CC)C(C)=N. The molecule has 0 aromatic rings. The normalized spacial score (nSPS) is 8.25. The van der Waals surface area contributed by atoms with Gasteiger partial charge in [0, 0.05) is 13.3 Å². The van der Waals surface area contributed by atoms with Crippen molar-refractivity contribution in [1.29, 1.82) is 5.41 Å². The third kappa shape index (κ3) is 1.73. The Hall–Kier alpha value is -0.860. The van der Waals surface area contributed by atoms with Crippen LogP contribution in [0, 0.1) is 5.41 Å². The van der Waals surface area contributed by atoms with E-state index in [1.807, 2.05) is 6.92 Å². The quantitative estimate of drug-likeness (QED) is 0.323. The van der Waals surface area contributed by atoms with Crippen molar-refractivity contribution in [1.82, 2.24) is 5.01 Å². The van der Waals surface area contributed by atoms with E-state index in [0.717, 1.165) is 6.54 Å². The van der Waals surface area contributed by atoms with Gasteiger partial charge >= 0.3 is 0 Å². The van der Waals surface area contributed by atoms with Gasteiger partial charge in [0.05, 0.1) is 0 Å². The first-order valence-corrected chi connectivity index (χ1v) is 2.51. The number of hydrogen-bond acceptors (Lipinski definition) is 2. The highest BCUT2D eigenvalue weighted by Gasteiger charge is 1.94. The lowest BCUT2D eigenvalue weighted by molar-refractivity contribution is 0.469. The molecule has 3 nitrogen and oxygen atoms in total. The molecule has 0 radical (unpaired) electrons. The van der Waals surface area contributed by atoms with Gasteiger partial charge < -0.3 is 0 Å². The Kier molecular flexibility index (Phi) is 2.84. The summed E-state index contributed by atoms with van der Waals surface area (Å²) in [4.78, 5) is 0. The molecule has 0 aliphatic carbocycles. The van der Waals surface area contributed by atoms with Gasteiger partial charge in [-0.15, -0.1) is 0 Å². The van der Waals surface area contributed by atoms with E-state index in [1.54, 1.807) is 6.92 Å². The molecule has 0 aliphatic heterocycles. The van der Waals surface area contributed by atoms with Crippen LogP contribution in [0.15, 0.2) is 5.10 Å². The number of nitrogens with one attached hydrogen (secondary N) is 1. The first kappa shape index (κ1) is 7.14. The van der Waals surface area contributed by atoms with Crippen molar-refractivity contribution < 1.29 is 0 Å². The van der Waals surface area contributed by atoms with Gasteiger partial charge in [0.2, 0.25) is 0 Å². The summed E-state index contributed by atoms with van der Waals surface area (Å²) in [5, 5.41) is 12.1. The fourth-order valence-electron chi connectivity index (χ4n) is 0.443. The van der Waals surface area contributed by atoms with Crippen molar-refractivity contribution in [2.45, 2.75) is 13.8 Å². The first-order valence-electron chi connectivity index (χ1n) is 2.51. The zero-order valence-electron chi connectivity index (χ0n) is 5.31. The van der Waals surface area contributed by atoms with Gasteiger partial charge in [0.1, 0.15) is 5.84 Å². The van der Waals surface area contributed by atoms with Crippen LogP contribution in [-0.2, 0) is 0 Å². The van der Waals surface area contributed by atoms with Crippen molar-refractivity contribution in [2.75, 3.05) is 6.54 Å². The lowest BCUT2D eigenvalue weighted by Crippen LogP contribution is -2.20. The van der Waals surface area contributed by atoms with Crippen LogP contribution in [-0.4, -0.2) is 24.1 Å². The Balaban J connectivity index is 3.69. The predicted octanol–water partition coefficient (Wildman–Crippen LogP) is 0.921. The molecular formula is C5H11N3. The molecule has 8 heavy (non-hydrogen) atoms. The minimum Gasteiger partial charge on any atom is -0.287 e. The van der Waals surface area contributed by atoms with Gasteiger partial charge in [0.15, 0.2) is 0 Å². The monoisotopic (exact) mass is 113 g/mol. The molecule has 0 spiro atoms. The van der Waals surface area contributed by atoms with E-state index in [9.17, 15) is 0 Å². The van der Waals surface area contributed by atoms with Crippen LogP contribution in [0.3, 0.4) is 0 Å². The maximum Gasteiger partial charge on any atom is 0.113 e. The average Bonchev–Trinajstić information content (AvgIpc) is 1.69. The molecule has 0 amide bonds. The van der Waals surface area contributed by atoms with E-state index < -0.39 is 0 Å². The summed E-state index contributed by atoms with van der Waals surface area (Å²) in [5.74, 6) is 0.433. The summed E-state index contributed by atoms with van der Waals surface area (Å²) in [6, 6.07) is 0. The van der Waals surface area contributed by atoms with Crippen molar-refractivity contribution in [3.8, 4) is 0 Å². The smallest absolute Gasteiger partial charge is 0.113 e. The lowest BCUT2D eigenvalue weighted by Gasteiger charge is -2.12. The Morgan fingerprint density at radius 2 is 2.38 bits per heavy atom. The summed E-state index contributed by atoms with van der Waals surface area (Å²) in [6.45, 7) is 7.61. The van der Waals surface area contributed by atoms with E-state index in [2.05, 4.69) is 11.8 Å². The highest BCUT2D eigenvalue weighted by Crippen LogP contribution is 1.86. The minimum atomic E-state index is 0.433. The van der Waals surface area contributed by atoms with Crippen LogP contribution < -0.4 is 0 Å². The third-order valence-electron chi connectivity index (χ3n) is 0.857. The van der Waals surface area contributed by atoms with Crippen molar-refractivity contribution in [3.05, 3.63) is 0 Å². The molecule has 0 unspecified atom stereocenters. The summed E-state index contributed by atoms with van der Waals surface area (Å²) < 4.78 is 0. The highest BCUT2D eigenvalue weighted by molar-refractivity contribution is 5.76. The Morgan fingerprint density at radius 1 is 1.88 bits per heavy atom. The number of nitrogens with zero attached hydrogens (tertiary/aromatic N) is 2. The second kappa shape index (κ2) is 3.18. The topological polar surface area (TPSA) is 39.5 Å². The third-order valence-corrected chi connectivity index (χ3v) is 0.857. The number of amidine groups is 1. The molecule has 0 fully saturated rings. The van der Waals surface area contributed by atoms with Crippen LogP contribution >= 0.6 is 0 Å². The Labute approximate surface area is 49.5 Å². The molecule has 46 valence electrons. The maximum absolute atomic E-state index is 7.04. The van der Waals surface area contributed by atoms with Crippen molar-refractivity contribution >= 4 is 12.6 Å². The average molecular weight is 113 g/mol. The molecule has 0 aliphatic rings. The molecule has 0 saturated carbocycles. The van der Waals surface area contributed by atoms with Gasteiger partial charge in [-0.05, 0) is 13.8 Å². The van der Waals surface area contributed by atoms with E-state index in [0.29, 0.717) is 5.84 Å². The maximum atomic E-state index is 7.04. The summed E-state index contributed by atoms with van der Waals surface area (Å²) in [5.41, 5.74) is 0. The minimum absolute atomic E-state index is 0.433. The van der Waals surface area contributed by atoms with E-state index in [1.165, 1.54) is 5.01 Å². The van der Waals surface area contributed by atoms with Gasteiger partial charge in [-0.1, -0.05) is 0 Å². The highest BCUT2D eigenvalue weighted by atomic mass is 15.5. The molecular weight excluding hydrogens is 102 g/mol. The lowest BCUT2D eigenvalue weighted by atomic mass is 10.6. The van der Waals surface area contributed by atoms with Crippen LogP contribution in [0.4, 0.5) is 0 Å². The molecule has 0 rings (SSSR count). The molecule has 0 bridgehead atoms. The second-order valence-corrected chi connectivity index (χ2v) is 1.44. The van der Waals surface area contributed by atoms with E-state index >= 15 is 0 Å². The van der Waals surface area contributed by atoms with Crippen LogP contribution in [0.1, 0.15) is 13.8 Å². The summed E-state index contributed by atoms with van der Waals surface area (Å²) in [6.07, 6.45) is 0. The zero-order chi connectivity index (χ0) is 6.57. The van der Waals surface area contributed by atoms with Gasteiger partial charge in [-0.2, -0.15) is 5.10 Å². The molecule has 0 heterocycles. The first-order chi connectivity index (χ1) is 3.72. The molecule has 3 heteroatoms. The van der Waals surface area contributed by atoms with Crippen molar-refractivity contribution in [3.63, 3.8) is 0 Å². The molecule has 0 saturated heterocycles. The van der Waals surface area contributed by atoms with Gasteiger partial charge in [-0.3, -0.25) is 10.4 Å². The predicted molar refractivity (Wildman–Crippen MR) is 35.3 cm³/mol.